The first kappa shape index (κ1) is 26.3. The number of benzene rings is 4. The van der Waals surface area contributed by atoms with Gasteiger partial charge in [0.15, 0.2) is 0 Å². The second kappa shape index (κ2) is 12.0. The van der Waals surface area contributed by atoms with Crippen molar-refractivity contribution in [1.82, 2.24) is 4.90 Å². The zero-order valence-corrected chi connectivity index (χ0v) is 21.8. The van der Waals surface area contributed by atoms with Gasteiger partial charge in [0.1, 0.15) is 6.29 Å². The van der Waals surface area contributed by atoms with Crippen LogP contribution in [0.1, 0.15) is 45.7 Å². The first-order valence-corrected chi connectivity index (χ1v) is 12.6. The van der Waals surface area contributed by atoms with E-state index in [0.29, 0.717) is 37.4 Å². The lowest BCUT2D eigenvalue weighted by Gasteiger charge is -2.21. The molecule has 0 unspecified atom stereocenters. The molecule has 0 N–H and O–H groups in total. The Labute approximate surface area is 218 Å². The molecule has 1 aliphatic rings. The van der Waals surface area contributed by atoms with Crippen LogP contribution in [0.3, 0.4) is 0 Å². The lowest BCUT2D eigenvalue weighted by molar-refractivity contribution is 0.0524. The lowest BCUT2D eigenvalue weighted by Crippen LogP contribution is -2.23. The summed E-state index contributed by atoms with van der Waals surface area (Å²) < 4.78 is 10.0. The number of rotatable bonds is 6. The Morgan fingerprint density at radius 2 is 1.49 bits per heavy atom. The topological polar surface area (TPSA) is 55.8 Å². The molecule has 0 radical (unpaired) electrons. The van der Waals surface area contributed by atoms with Gasteiger partial charge in [0, 0.05) is 38.9 Å². The van der Waals surface area contributed by atoms with E-state index >= 15 is 0 Å². The third-order valence-electron chi connectivity index (χ3n) is 6.66. The highest BCUT2D eigenvalue weighted by Gasteiger charge is 2.29. The van der Waals surface area contributed by atoms with Gasteiger partial charge in [-0.15, -0.1) is 6.58 Å². The molecule has 0 bridgehead atoms. The van der Waals surface area contributed by atoms with Crippen LogP contribution in [0.15, 0.2) is 73.3 Å². The molecule has 5 rings (SSSR count). The average Bonchev–Trinajstić information content (AvgIpc) is 3.10. The van der Waals surface area contributed by atoms with Crippen molar-refractivity contribution in [3.8, 4) is 11.1 Å². The Balaban J connectivity index is 0.000000747. The van der Waals surface area contributed by atoms with Gasteiger partial charge in [-0.3, -0.25) is 9.69 Å². The van der Waals surface area contributed by atoms with Gasteiger partial charge >= 0.3 is 5.97 Å². The number of hydrogen-bond donors (Lipinski definition) is 0. The zero-order chi connectivity index (χ0) is 26.4. The number of fused-ring (bicyclic) bond motifs is 7. The number of esters is 1. The SMILES string of the molecule is C=CCN1Cc2c(C=O)cc3ccccc3c2-c2c(c(C(=O)OCC)cc3ccccc23)C1.CCOC. The highest BCUT2D eigenvalue weighted by atomic mass is 16.5. The van der Waals surface area contributed by atoms with E-state index in [1.807, 2.05) is 68.5 Å². The number of hydrogen-bond acceptors (Lipinski definition) is 5. The molecule has 1 aliphatic heterocycles. The Morgan fingerprint density at radius 3 is 2.05 bits per heavy atom. The van der Waals surface area contributed by atoms with Gasteiger partial charge in [0.25, 0.3) is 0 Å². The van der Waals surface area contributed by atoms with Crippen molar-refractivity contribution < 1.29 is 19.1 Å². The summed E-state index contributed by atoms with van der Waals surface area (Å²) in [6.45, 7) is 10.6. The monoisotopic (exact) mass is 495 g/mol. The maximum Gasteiger partial charge on any atom is 0.338 e. The summed E-state index contributed by atoms with van der Waals surface area (Å²) in [5.74, 6) is -0.322. The van der Waals surface area contributed by atoms with Gasteiger partial charge in [0.2, 0.25) is 0 Å². The van der Waals surface area contributed by atoms with Crippen LogP contribution in [0.5, 0.6) is 0 Å². The molecule has 4 aromatic rings. The van der Waals surface area contributed by atoms with Crippen molar-refractivity contribution in [1.29, 1.82) is 0 Å². The fraction of sp³-hybridized carbons (Fsp3) is 0.250. The quantitative estimate of drug-likeness (QED) is 0.167. The van der Waals surface area contributed by atoms with Crippen LogP contribution < -0.4 is 0 Å². The number of ether oxygens (including phenoxy) is 2. The Morgan fingerprint density at radius 1 is 0.919 bits per heavy atom. The van der Waals surface area contributed by atoms with Crippen molar-refractivity contribution in [3.05, 3.63) is 95.6 Å². The van der Waals surface area contributed by atoms with Gasteiger partial charge in [-0.25, -0.2) is 4.79 Å². The molecule has 37 heavy (non-hydrogen) atoms. The largest absolute Gasteiger partial charge is 0.462 e. The van der Waals surface area contributed by atoms with E-state index in [1.165, 1.54) is 0 Å². The van der Waals surface area contributed by atoms with E-state index in [4.69, 9.17) is 4.74 Å². The molecule has 0 amide bonds. The third kappa shape index (κ3) is 5.19. The minimum atomic E-state index is -0.322. The maximum atomic E-state index is 13.1. The van der Waals surface area contributed by atoms with Crippen LogP contribution in [0.4, 0.5) is 0 Å². The molecular formula is C32H33NO4. The van der Waals surface area contributed by atoms with Gasteiger partial charge in [0.05, 0.1) is 12.2 Å². The molecule has 4 aromatic carbocycles. The number of carbonyl (C=O) groups excluding carboxylic acids is 2. The van der Waals surface area contributed by atoms with Gasteiger partial charge < -0.3 is 9.47 Å². The number of carbonyl (C=O) groups is 2. The summed E-state index contributed by atoms with van der Waals surface area (Å²) in [5.41, 5.74) is 5.21. The molecular weight excluding hydrogens is 462 g/mol. The fourth-order valence-corrected chi connectivity index (χ4v) is 5.02. The maximum absolute atomic E-state index is 13.1. The molecule has 5 nitrogen and oxygen atoms in total. The summed E-state index contributed by atoms with van der Waals surface area (Å²) in [6.07, 6.45) is 2.80. The number of aldehydes is 1. The Bertz CT molecular complexity index is 1450. The van der Waals surface area contributed by atoms with Crippen LogP contribution in [-0.4, -0.2) is 44.0 Å². The van der Waals surface area contributed by atoms with Crippen LogP contribution in [0, 0.1) is 0 Å². The predicted octanol–water partition coefficient (Wildman–Crippen LogP) is 6.80. The van der Waals surface area contributed by atoms with Crippen LogP contribution in [0.25, 0.3) is 32.7 Å². The summed E-state index contributed by atoms with van der Waals surface area (Å²) in [5, 5.41) is 4.12. The van der Waals surface area contributed by atoms with E-state index < -0.39 is 0 Å². The van der Waals surface area contributed by atoms with Crippen molar-refractivity contribution in [2.75, 3.05) is 26.9 Å². The summed E-state index contributed by atoms with van der Waals surface area (Å²) in [6, 6.07) is 20.2. The molecule has 0 saturated carbocycles. The summed E-state index contributed by atoms with van der Waals surface area (Å²) in [4.78, 5) is 27.6. The molecule has 0 atom stereocenters. The van der Waals surface area contributed by atoms with E-state index in [0.717, 1.165) is 56.7 Å². The van der Waals surface area contributed by atoms with Crippen molar-refractivity contribution >= 4 is 33.8 Å². The minimum Gasteiger partial charge on any atom is -0.462 e. The third-order valence-corrected chi connectivity index (χ3v) is 6.66. The van der Waals surface area contributed by atoms with Crippen molar-refractivity contribution in [2.45, 2.75) is 26.9 Å². The lowest BCUT2D eigenvalue weighted by atomic mass is 9.84. The predicted molar refractivity (Wildman–Crippen MR) is 150 cm³/mol. The zero-order valence-electron chi connectivity index (χ0n) is 21.8. The highest BCUT2D eigenvalue weighted by molar-refractivity contribution is 6.12. The summed E-state index contributed by atoms with van der Waals surface area (Å²) in [7, 11) is 1.68. The number of nitrogens with zero attached hydrogens (tertiary/aromatic N) is 1. The molecule has 0 spiro atoms. The van der Waals surface area contributed by atoms with Crippen LogP contribution in [-0.2, 0) is 22.6 Å². The molecule has 0 aromatic heterocycles. The van der Waals surface area contributed by atoms with E-state index in [1.54, 1.807) is 7.11 Å². The first-order chi connectivity index (χ1) is 18.1. The van der Waals surface area contributed by atoms with E-state index in [2.05, 4.69) is 28.3 Å². The molecule has 0 fully saturated rings. The smallest absolute Gasteiger partial charge is 0.338 e. The Kier molecular flexibility index (Phi) is 8.49. The normalized spacial score (nSPS) is 12.6. The van der Waals surface area contributed by atoms with E-state index in [-0.39, 0.29) is 5.97 Å². The highest BCUT2D eigenvalue weighted by Crippen LogP contribution is 2.44. The fourth-order valence-electron chi connectivity index (χ4n) is 5.02. The van der Waals surface area contributed by atoms with Crippen LogP contribution in [0.2, 0.25) is 0 Å². The Hall–Kier alpha value is -3.80. The molecule has 0 saturated heterocycles. The summed E-state index contributed by atoms with van der Waals surface area (Å²) >= 11 is 0. The van der Waals surface area contributed by atoms with Crippen LogP contribution >= 0.6 is 0 Å². The van der Waals surface area contributed by atoms with Gasteiger partial charge in [-0.2, -0.15) is 0 Å². The van der Waals surface area contributed by atoms with Crippen molar-refractivity contribution in [2.24, 2.45) is 0 Å². The standard InChI is InChI=1S/C29H25NO3.C3H8O/c1-3-13-30-16-25-21(18-31)14-19-9-5-7-11-22(19)27(25)28-23-12-8-6-10-20(23)15-24(26(28)17-30)29(32)33-4-2;1-3-4-2/h3,5-12,14-15,18H,1,4,13,16-17H2,2H3;3H2,1-2H3. The average molecular weight is 496 g/mol. The van der Waals surface area contributed by atoms with Gasteiger partial charge in [-0.05, 0) is 69.8 Å². The molecule has 190 valence electrons. The van der Waals surface area contributed by atoms with E-state index in [9.17, 15) is 9.59 Å². The van der Waals surface area contributed by atoms with Gasteiger partial charge in [-0.1, -0.05) is 54.6 Å². The minimum absolute atomic E-state index is 0.311. The first-order valence-electron chi connectivity index (χ1n) is 12.6. The second-order valence-corrected chi connectivity index (χ2v) is 8.91. The molecule has 1 heterocycles. The molecule has 0 aliphatic carbocycles. The second-order valence-electron chi connectivity index (χ2n) is 8.91. The number of methoxy groups -OCH3 is 1. The molecule has 5 heteroatoms. The van der Waals surface area contributed by atoms with Crippen molar-refractivity contribution in [3.63, 3.8) is 0 Å².